The van der Waals surface area contributed by atoms with Crippen molar-refractivity contribution in [2.24, 2.45) is 0 Å². The highest BCUT2D eigenvalue weighted by molar-refractivity contribution is 5.95. The summed E-state index contributed by atoms with van der Waals surface area (Å²) >= 11 is 0. The first-order chi connectivity index (χ1) is 12.0. The van der Waals surface area contributed by atoms with Crippen molar-refractivity contribution in [1.82, 2.24) is 20.4 Å². The van der Waals surface area contributed by atoms with Gasteiger partial charge in [0, 0.05) is 18.7 Å². The summed E-state index contributed by atoms with van der Waals surface area (Å²) in [4.78, 5) is 26.0. The fraction of sp³-hybridized carbons (Fsp3) is 0.389. The smallest absolute Gasteiger partial charge is 0.269 e. The van der Waals surface area contributed by atoms with Crippen molar-refractivity contribution in [2.45, 2.75) is 26.2 Å². The second kappa shape index (κ2) is 7.46. The third-order valence-corrected chi connectivity index (χ3v) is 4.39. The number of hydrogen-bond donors (Lipinski definition) is 2. The van der Waals surface area contributed by atoms with E-state index in [1.165, 1.54) is 6.07 Å². The number of nitrogens with one attached hydrogen (secondary N) is 2. The second-order valence-electron chi connectivity index (χ2n) is 6.25. The Hall–Kier alpha value is -2.70. The van der Waals surface area contributed by atoms with Gasteiger partial charge in [-0.1, -0.05) is 0 Å². The first-order valence-corrected chi connectivity index (χ1v) is 8.42. The molecule has 1 saturated heterocycles. The van der Waals surface area contributed by atoms with E-state index in [0.29, 0.717) is 11.3 Å². The zero-order chi connectivity index (χ0) is 17.8. The number of piperidine rings is 1. The third kappa shape index (κ3) is 4.04. The first-order valence-electron chi connectivity index (χ1n) is 8.42. The summed E-state index contributed by atoms with van der Waals surface area (Å²) in [5, 5.41) is 9.37. The van der Waals surface area contributed by atoms with Gasteiger partial charge in [0.1, 0.15) is 11.5 Å². The van der Waals surface area contributed by atoms with Gasteiger partial charge in [0.15, 0.2) is 0 Å². The predicted octanol–water partition coefficient (Wildman–Crippen LogP) is 2.27. The molecule has 0 radical (unpaired) electrons. The molecule has 25 heavy (non-hydrogen) atoms. The Morgan fingerprint density at radius 2 is 2.00 bits per heavy atom. The van der Waals surface area contributed by atoms with Crippen molar-refractivity contribution in [2.75, 3.05) is 19.6 Å². The number of rotatable bonds is 4. The van der Waals surface area contributed by atoms with Gasteiger partial charge in [0.2, 0.25) is 5.91 Å². The van der Waals surface area contributed by atoms with Crippen LogP contribution in [0.4, 0.5) is 4.39 Å². The molecule has 0 spiro atoms. The number of nitrogens with zero attached hydrogens (tertiary/aromatic N) is 2. The number of hydrogen-bond acceptors (Lipinski definition) is 3. The van der Waals surface area contributed by atoms with Crippen LogP contribution in [0.25, 0.3) is 11.3 Å². The molecule has 2 amide bonds. The Balaban J connectivity index is 1.60. The van der Waals surface area contributed by atoms with Gasteiger partial charge in [0.05, 0.1) is 12.2 Å². The van der Waals surface area contributed by atoms with Crippen LogP contribution in [-0.4, -0.2) is 46.5 Å². The van der Waals surface area contributed by atoms with Gasteiger partial charge in [-0.25, -0.2) is 4.39 Å². The molecule has 2 heterocycles. The van der Waals surface area contributed by atoms with E-state index in [0.717, 1.165) is 37.9 Å². The summed E-state index contributed by atoms with van der Waals surface area (Å²) in [6, 6.07) is 6.25. The van der Waals surface area contributed by atoms with Gasteiger partial charge < -0.3 is 10.2 Å². The molecule has 1 aromatic carbocycles. The van der Waals surface area contributed by atoms with Crippen LogP contribution in [0.15, 0.2) is 24.3 Å². The molecule has 0 bridgehead atoms. The van der Waals surface area contributed by atoms with Crippen LogP contribution in [0, 0.1) is 12.7 Å². The molecule has 3 rings (SSSR count). The number of halogens is 1. The minimum absolute atomic E-state index is 0.0250. The zero-order valence-electron chi connectivity index (χ0n) is 14.1. The number of likely N-dealkylation sites (tertiary alicyclic amines) is 1. The summed E-state index contributed by atoms with van der Waals surface area (Å²) in [6.45, 7) is 3.16. The monoisotopic (exact) mass is 344 g/mol. The highest BCUT2D eigenvalue weighted by Crippen LogP contribution is 2.20. The standard InChI is InChI=1S/C18H21FN4O2/c1-12-9-13(5-6-14(12)19)15-10-16(22-21-15)18(25)20-11-17(24)23-7-3-2-4-8-23/h5-6,9-10H,2-4,7-8,11H2,1H3,(H,20,25)(H,21,22). The Labute approximate surface area is 145 Å². The van der Waals surface area contributed by atoms with Gasteiger partial charge in [-0.3, -0.25) is 14.7 Å². The van der Waals surface area contributed by atoms with Gasteiger partial charge in [-0.15, -0.1) is 0 Å². The van der Waals surface area contributed by atoms with Crippen LogP contribution in [0.2, 0.25) is 0 Å². The molecule has 1 aromatic heterocycles. The maximum Gasteiger partial charge on any atom is 0.269 e. The Morgan fingerprint density at radius 1 is 1.24 bits per heavy atom. The van der Waals surface area contributed by atoms with E-state index in [9.17, 15) is 14.0 Å². The largest absolute Gasteiger partial charge is 0.342 e. The molecule has 1 fully saturated rings. The molecule has 132 valence electrons. The summed E-state index contributed by atoms with van der Waals surface area (Å²) in [5.74, 6) is -0.738. The molecule has 0 aliphatic carbocycles. The number of amides is 2. The van der Waals surface area contributed by atoms with Crippen molar-refractivity contribution in [3.05, 3.63) is 41.3 Å². The van der Waals surface area contributed by atoms with E-state index in [4.69, 9.17) is 0 Å². The first kappa shape index (κ1) is 17.1. The van der Waals surface area contributed by atoms with Crippen LogP contribution in [-0.2, 0) is 4.79 Å². The topological polar surface area (TPSA) is 78.1 Å². The molecular formula is C18H21FN4O2. The lowest BCUT2D eigenvalue weighted by Gasteiger charge is -2.26. The quantitative estimate of drug-likeness (QED) is 0.893. The predicted molar refractivity (Wildman–Crippen MR) is 91.5 cm³/mol. The molecule has 0 atom stereocenters. The van der Waals surface area contributed by atoms with Crippen LogP contribution in [0.3, 0.4) is 0 Å². The summed E-state index contributed by atoms with van der Waals surface area (Å²) in [5.41, 5.74) is 2.05. The number of aromatic nitrogens is 2. The van der Waals surface area contributed by atoms with Crippen LogP contribution in [0.5, 0.6) is 0 Å². The molecular weight excluding hydrogens is 323 g/mol. The normalized spacial score (nSPS) is 14.4. The second-order valence-corrected chi connectivity index (χ2v) is 6.25. The lowest BCUT2D eigenvalue weighted by Crippen LogP contribution is -2.42. The molecule has 0 unspecified atom stereocenters. The molecule has 7 heteroatoms. The van der Waals surface area contributed by atoms with Crippen molar-refractivity contribution in [3.8, 4) is 11.3 Å². The molecule has 1 aliphatic rings. The van der Waals surface area contributed by atoms with Crippen LogP contribution >= 0.6 is 0 Å². The number of benzene rings is 1. The molecule has 2 aromatic rings. The van der Waals surface area contributed by atoms with E-state index in [-0.39, 0.29) is 29.9 Å². The maximum atomic E-state index is 13.3. The van der Waals surface area contributed by atoms with E-state index < -0.39 is 0 Å². The molecule has 2 N–H and O–H groups in total. The number of H-pyrrole nitrogens is 1. The minimum atomic E-state index is -0.386. The Morgan fingerprint density at radius 3 is 2.72 bits per heavy atom. The fourth-order valence-electron chi connectivity index (χ4n) is 2.90. The Bertz CT molecular complexity index is 781. The van der Waals surface area contributed by atoms with Crippen molar-refractivity contribution in [1.29, 1.82) is 0 Å². The number of carbonyl (C=O) groups is 2. The zero-order valence-corrected chi connectivity index (χ0v) is 14.1. The van der Waals surface area contributed by atoms with Gasteiger partial charge in [0.25, 0.3) is 5.91 Å². The summed E-state index contributed by atoms with van der Waals surface area (Å²) in [6.07, 6.45) is 3.18. The highest BCUT2D eigenvalue weighted by Gasteiger charge is 2.18. The van der Waals surface area contributed by atoms with Crippen molar-refractivity contribution in [3.63, 3.8) is 0 Å². The number of aryl methyl sites for hydroxylation is 1. The van der Waals surface area contributed by atoms with Crippen molar-refractivity contribution < 1.29 is 14.0 Å². The van der Waals surface area contributed by atoms with Gasteiger partial charge in [-0.2, -0.15) is 5.10 Å². The molecule has 6 nitrogen and oxygen atoms in total. The fourth-order valence-corrected chi connectivity index (χ4v) is 2.90. The van der Waals surface area contributed by atoms with E-state index in [2.05, 4.69) is 15.5 Å². The average molecular weight is 344 g/mol. The maximum absolute atomic E-state index is 13.3. The van der Waals surface area contributed by atoms with E-state index in [1.54, 1.807) is 30.0 Å². The third-order valence-electron chi connectivity index (χ3n) is 4.39. The lowest BCUT2D eigenvalue weighted by molar-refractivity contribution is -0.130. The minimum Gasteiger partial charge on any atom is -0.342 e. The summed E-state index contributed by atoms with van der Waals surface area (Å²) < 4.78 is 13.3. The average Bonchev–Trinajstić information content (AvgIpc) is 3.12. The lowest BCUT2D eigenvalue weighted by atomic mass is 10.1. The van der Waals surface area contributed by atoms with Crippen molar-refractivity contribution >= 4 is 11.8 Å². The summed E-state index contributed by atoms with van der Waals surface area (Å²) in [7, 11) is 0. The number of carbonyl (C=O) groups excluding carboxylic acids is 2. The SMILES string of the molecule is Cc1cc(-c2cc(C(=O)NCC(=O)N3CCCCC3)[nH]n2)ccc1F. The van der Waals surface area contributed by atoms with E-state index in [1.807, 2.05) is 0 Å². The number of aromatic amines is 1. The van der Waals surface area contributed by atoms with Crippen LogP contribution in [0.1, 0.15) is 35.3 Å². The Kier molecular flexibility index (Phi) is 5.11. The van der Waals surface area contributed by atoms with E-state index >= 15 is 0 Å². The highest BCUT2D eigenvalue weighted by atomic mass is 19.1. The molecule has 0 saturated carbocycles. The van der Waals surface area contributed by atoms with Gasteiger partial charge in [-0.05, 0) is 56.0 Å². The van der Waals surface area contributed by atoms with Crippen LogP contribution < -0.4 is 5.32 Å². The molecule has 1 aliphatic heterocycles. The van der Waals surface area contributed by atoms with Gasteiger partial charge >= 0.3 is 0 Å².